The molecule has 1 aromatic rings. The van der Waals surface area contributed by atoms with Crippen molar-refractivity contribution in [2.45, 2.75) is 24.9 Å². The van der Waals surface area contributed by atoms with Gasteiger partial charge >= 0.3 is 0 Å². The quantitative estimate of drug-likeness (QED) is 0.407. The van der Waals surface area contributed by atoms with Crippen LogP contribution in [0, 0.1) is 0 Å². The summed E-state index contributed by atoms with van der Waals surface area (Å²) in [5.41, 5.74) is 1.25. The molecular weight excluding hydrogens is 407 g/mol. The number of hydrogen-bond donors (Lipinski definition) is 2. The van der Waals surface area contributed by atoms with E-state index in [1.807, 2.05) is 17.8 Å². The molecule has 7 nitrogen and oxygen atoms in total. The summed E-state index contributed by atoms with van der Waals surface area (Å²) in [7, 11) is 8.01. The third-order valence-electron chi connectivity index (χ3n) is 4.54. The Morgan fingerprint density at radius 2 is 2.09 bits per heavy atom. The molecule has 1 aliphatic heterocycles. The predicted octanol–water partition coefficient (Wildman–Crippen LogP) is 0.814. The van der Waals surface area contributed by atoms with E-state index in [9.17, 15) is 0 Å². The van der Waals surface area contributed by atoms with Gasteiger partial charge in [0.15, 0.2) is 5.96 Å². The lowest BCUT2D eigenvalue weighted by molar-refractivity contribution is -0.00501. The minimum absolute atomic E-state index is 0. The summed E-state index contributed by atoms with van der Waals surface area (Å²) < 4.78 is 7.37. The summed E-state index contributed by atoms with van der Waals surface area (Å²) in [6, 6.07) is 2.00. The predicted molar refractivity (Wildman–Crippen MR) is 103 cm³/mol. The molecule has 0 spiro atoms. The molecule has 1 aliphatic rings. The first kappa shape index (κ1) is 20.2. The molecule has 2 heterocycles. The van der Waals surface area contributed by atoms with Crippen molar-refractivity contribution in [1.82, 2.24) is 25.3 Å². The maximum atomic E-state index is 5.51. The van der Waals surface area contributed by atoms with E-state index in [1.54, 1.807) is 13.2 Å². The van der Waals surface area contributed by atoms with Gasteiger partial charge in [-0.3, -0.25) is 9.67 Å². The molecule has 8 heteroatoms. The smallest absolute Gasteiger partial charge is 0.191 e. The lowest BCUT2D eigenvalue weighted by Crippen LogP contribution is -2.57. The lowest BCUT2D eigenvalue weighted by Gasteiger charge is -2.43. The van der Waals surface area contributed by atoms with Gasteiger partial charge in [0.05, 0.1) is 12.2 Å². The molecule has 1 fully saturated rings. The Hall–Kier alpha value is -0.870. The number of aliphatic imine (C=N–C) groups is 1. The van der Waals surface area contributed by atoms with Crippen LogP contribution in [0.3, 0.4) is 0 Å². The molecule has 0 unspecified atom stereocenters. The normalized spacial score (nSPS) is 17.7. The Balaban J connectivity index is 0.00000264. The first-order valence-corrected chi connectivity index (χ1v) is 7.74. The maximum absolute atomic E-state index is 5.51. The summed E-state index contributed by atoms with van der Waals surface area (Å²) in [5, 5.41) is 11.0. The monoisotopic (exact) mass is 436 g/mol. The highest BCUT2D eigenvalue weighted by Gasteiger charge is 2.34. The van der Waals surface area contributed by atoms with E-state index in [0.717, 1.165) is 44.3 Å². The van der Waals surface area contributed by atoms with E-state index in [2.05, 4.69) is 39.7 Å². The van der Waals surface area contributed by atoms with Crippen LogP contribution < -0.4 is 10.6 Å². The molecule has 0 radical (unpaired) electrons. The Labute approximate surface area is 155 Å². The van der Waals surface area contributed by atoms with Crippen LogP contribution in [0.4, 0.5) is 0 Å². The largest absolute Gasteiger partial charge is 0.381 e. The van der Waals surface area contributed by atoms with Crippen molar-refractivity contribution in [2.75, 3.05) is 40.9 Å². The molecule has 132 valence electrons. The van der Waals surface area contributed by atoms with Gasteiger partial charge in [0.1, 0.15) is 0 Å². The fourth-order valence-electron chi connectivity index (χ4n) is 2.75. The Bertz CT molecular complexity index is 496. The van der Waals surface area contributed by atoms with Gasteiger partial charge in [0.25, 0.3) is 0 Å². The molecule has 2 N–H and O–H groups in total. The zero-order valence-electron chi connectivity index (χ0n) is 14.5. The highest BCUT2D eigenvalue weighted by molar-refractivity contribution is 14.0. The zero-order chi connectivity index (χ0) is 16.0. The van der Waals surface area contributed by atoms with Crippen LogP contribution in [-0.4, -0.2) is 67.1 Å². The van der Waals surface area contributed by atoms with Crippen LogP contribution in [0.15, 0.2) is 17.3 Å². The van der Waals surface area contributed by atoms with E-state index in [-0.39, 0.29) is 29.5 Å². The molecule has 1 aromatic heterocycles. The van der Waals surface area contributed by atoms with Crippen molar-refractivity contribution in [3.8, 4) is 0 Å². The molecule has 0 amide bonds. The van der Waals surface area contributed by atoms with Crippen molar-refractivity contribution < 1.29 is 4.74 Å². The summed E-state index contributed by atoms with van der Waals surface area (Å²) in [6.45, 7) is 3.20. The summed E-state index contributed by atoms with van der Waals surface area (Å²) in [5.74, 6) is 0.814. The average Bonchev–Trinajstić information content (AvgIpc) is 2.93. The van der Waals surface area contributed by atoms with Crippen LogP contribution in [-0.2, 0) is 18.3 Å². The Morgan fingerprint density at radius 1 is 1.39 bits per heavy atom. The van der Waals surface area contributed by atoms with Gasteiger partial charge in [0.2, 0.25) is 0 Å². The van der Waals surface area contributed by atoms with Crippen LogP contribution in [0.25, 0.3) is 0 Å². The number of aromatic nitrogens is 2. The highest BCUT2D eigenvalue weighted by atomic mass is 127. The van der Waals surface area contributed by atoms with E-state index in [0.29, 0.717) is 6.54 Å². The maximum Gasteiger partial charge on any atom is 0.191 e. The van der Waals surface area contributed by atoms with Crippen LogP contribution in [0.2, 0.25) is 0 Å². The third kappa shape index (κ3) is 5.32. The number of nitrogens with zero attached hydrogens (tertiary/aromatic N) is 4. The molecular formula is C15H29IN6O. The van der Waals surface area contributed by atoms with Gasteiger partial charge in [-0.15, -0.1) is 24.0 Å². The molecule has 0 aromatic carbocycles. The number of nitrogens with one attached hydrogen (secondary N) is 2. The van der Waals surface area contributed by atoms with Crippen molar-refractivity contribution >= 4 is 29.9 Å². The van der Waals surface area contributed by atoms with Gasteiger partial charge in [-0.25, -0.2) is 0 Å². The molecule has 0 saturated carbocycles. The minimum atomic E-state index is 0. The van der Waals surface area contributed by atoms with Gasteiger partial charge in [-0.05, 0) is 33.0 Å². The number of aryl methyl sites for hydroxylation is 1. The minimum Gasteiger partial charge on any atom is -0.381 e. The van der Waals surface area contributed by atoms with Crippen molar-refractivity contribution in [3.63, 3.8) is 0 Å². The Morgan fingerprint density at radius 3 is 2.61 bits per heavy atom. The van der Waals surface area contributed by atoms with Gasteiger partial charge < -0.3 is 20.3 Å². The summed E-state index contributed by atoms with van der Waals surface area (Å²) in [6.07, 6.45) is 3.87. The van der Waals surface area contributed by atoms with Crippen LogP contribution in [0.1, 0.15) is 18.5 Å². The number of guanidine groups is 1. The SMILES string of the molecule is CN=C(NCc1ccnn1C)NCC1(N(C)C)CCOCC1.I. The van der Waals surface area contributed by atoms with Crippen LogP contribution in [0.5, 0.6) is 0 Å². The summed E-state index contributed by atoms with van der Waals surface area (Å²) in [4.78, 5) is 6.61. The van der Waals surface area contributed by atoms with Crippen molar-refractivity contribution in [1.29, 1.82) is 0 Å². The average molecular weight is 436 g/mol. The lowest BCUT2D eigenvalue weighted by atomic mass is 9.88. The molecule has 23 heavy (non-hydrogen) atoms. The fraction of sp³-hybridized carbons (Fsp3) is 0.733. The molecule has 0 aliphatic carbocycles. The van der Waals surface area contributed by atoms with Crippen molar-refractivity contribution in [3.05, 3.63) is 18.0 Å². The topological polar surface area (TPSA) is 66.7 Å². The first-order chi connectivity index (χ1) is 10.6. The van der Waals surface area contributed by atoms with Gasteiger partial charge in [-0.2, -0.15) is 5.10 Å². The van der Waals surface area contributed by atoms with Crippen molar-refractivity contribution in [2.24, 2.45) is 12.0 Å². The van der Waals surface area contributed by atoms with E-state index in [4.69, 9.17) is 4.74 Å². The van der Waals surface area contributed by atoms with E-state index in [1.165, 1.54) is 0 Å². The number of likely N-dealkylation sites (N-methyl/N-ethyl adjacent to an activating group) is 1. The number of hydrogen-bond acceptors (Lipinski definition) is 4. The second-order valence-electron chi connectivity index (χ2n) is 5.96. The fourth-order valence-corrected chi connectivity index (χ4v) is 2.75. The molecule has 0 atom stereocenters. The second-order valence-corrected chi connectivity index (χ2v) is 5.96. The number of rotatable bonds is 5. The van der Waals surface area contributed by atoms with E-state index >= 15 is 0 Å². The standard InChI is InChI=1S/C15H28N6O.HI/c1-16-14(17-11-13-5-8-19-21(13)4)18-12-15(20(2)3)6-9-22-10-7-15;/h5,8H,6-7,9-12H2,1-4H3,(H2,16,17,18);1H. The molecule has 2 rings (SSSR count). The zero-order valence-corrected chi connectivity index (χ0v) is 16.8. The van der Waals surface area contributed by atoms with Gasteiger partial charge in [0, 0.05) is 45.6 Å². The number of halogens is 1. The first-order valence-electron chi connectivity index (χ1n) is 7.74. The molecule has 1 saturated heterocycles. The van der Waals surface area contributed by atoms with Crippen LogP contribution >= 0.6 is 24.0 Å². The number of ether oxygens (including phenoxy) is 1. The molecule has 0 bridgehead atoms. The Kier molecular flexibility index (Phi) is 8.27. The summed E-state index contributed by atoms with van der Waals surface area (Å²) >= 11 is 0. The van der Waals surface area contributed by atoms with E-state index < -0.39 is 0 Å². The highest BCUT2D eigenvalue weighted by Crippen LogP contribution is 2.24. The third-order valence-corrected chi connectivity index (χ3v) is 4.54. The second kappa shape index (κ2) is 9.43. The van der Waals surface area contributed by atoms with Gasteiger partial charge in [-0.1, -0.05) is 0 Å².